The molecule has 0 spiro atoms. The molecule has 1 atom stereocenters. The van der Waals surface area contributed by atoms with E-state index in [0.29, 0.717) is 11.6 Å². The highest BCUT2D eigenvalue weighted by Crippen LogP contribution is 2.33. The summed E-state index contributed by atoms with van der Waals surface area (Å²) in [6, 6.07) is 7.30. The zero-order valence-corrected chi connectivity index (χ0v) is 16.0. The highest BCUT2D eigenvalue weighted by molar-refractivity contribution is 9.10. The van der Waals surface area contributed by atoms with Crippen molar-refractivity contribution in [1.29, 1.82) is 0 Å². The normalized spacial score (nSPS) is 16.6. The third kappa shape index (κ3) is 3.29. The number of hydrogen-bond donors (Lipinski definition) is 0. The van der Waals surface area contributed by atoms with E-state index >= 15 is 0 Å². The molecule has 0 bridgehead atoms. The van der Waals surface area contributed by atoms with E-state index in [2.05, 4.69) is 41.9 Å². The van der Waals surface area contributed by atoms with Crippen molar-refractivity contribution in [3.63, 3.8) is 0 Å². The standard InChI is InChI=1S/C16H13Br2N3O3/c1-9(22)21-16(11-5-12(17)8-19-7-11)24-15(20-21)10-3-4-14(23-2)13(18)6-10/h3-8,16H,1-2H3. The Labute approximate surface area is 155 Å². The first kappa shape index (κ1) is 16.9. The molecule has 1 aliphatic rings. The van der Waals surface area contributed by atoms with Crippen LogP contribution < -0.4 is 4.74 Å². The Kier molecular flexibility index (Phi) is 4.86. The van der Waals surface area contributed by atoms with Crippen molar-refractivity contribution in [3.05, 3.63) is 56.7 Å². The van der Waals surface area contributed by atoms with E-state index in [1.165, 1.54) is 11.9 Å². The number of hydrogen-bond acceptors (Lipinski definition) is 5. The van der Waals surface area contributed by atoms with Crippen molar-refractivity contribution in [2.45, 2.75) is 13.2 Å². The van der Waals surface area contributed by atoms with Gasteiger partial charge >= 0.3 is 0 Å². The minimum atomic E-state index is -0.650. The van der Waals surface area contributed by atoms with Crippen molar-refractivity contribution >= 4 is 43.7 Å². The van der Waals surface area contributed by atoms with E-state index in [1.807, 2.05) is 18.2 Å². The molecule has 1 aromatic heterocycles. The predicted molar refractivity (Wildman–Crippen MR) is 95.5 cm³/mol. The summed E-state index contributed by atoms with van der Waals surface area (Å²) in [6.45, 7) is 1.44. The van der Waals surface area contributed by atoms with Gasteiger partial charge in [0.05, 0.1) is 11.6 Å². The lowest BCUT2D eigenvalue weighted by molar-refractivity contribution is -0.135. The van der Waals surface area contributed by atoms with Gasteiger partial charge in [-0.25, -0.2) is 0 Å². The second-order valence-electron chi connectivity index (χ2n) is 5.02. The number of halogens is 2. The molecule has 1 amide bonds. The SMILES string of the molecule is COc1ccc(C2=NN(C(C)=O)C(c3cncc(Br)c3)O2)cc1Br. The summed E-state index contributed by atoms with van der Waals surface area (Å²) in [5.74, 6) is 0.842. The average molecular weight is 455 g/mol. The number of amides is 1. The van der Waals surface area contributed by atoms with Crippen molar-refractivity contribution < 1.29 is 14.3 Å². The van der Waals surface area contributed by atoms with Gasteiger partial charge < -0.3 is 9.47 Å². The van der Waals surface area contributed by atoms with Crippen LogP contribution in [0.5, 0.6) is 5.75 Å². The first-order valence-corrected chi connectivity index (χ1v) is 8.57. The molecule has 0 aliphatic carbocycles. The van der Waals surface area contributed by atoms with Gasteiger partial charge in [-0.1, -0.05) is 0 Å². The Morgan fingerprint density at radius 3 is 2.71 bits per heavy atom. The van der Waals surface area contributed by atoms with Crippen LogP contribution in [-0.4, -0.2) is 28.9 Å². The molecule has 0 radical (unpaired) electrons. The summed E-state index contributed by atoms with van der Waals surface area (Å²) in [6.07, 6.45) is 2.66. The lowest BCUT2D eigenvalue weighted by atomic mass is 10.2. The zero-order valence-electron chi connectivity index (χ0n) is 12.9. The van der Waals surface area contributed by atoms with Crippen LogP contribution in [0.25, 0.3) is 0 Å². The number of benzene rings is 1. The fraction of sp³-hybridized carbons (Fsp3) is 0.188. The maximum atomic E-state index is 11.9. The van der Waals surface area contributed by atoms with Gasteiger partial charge in [0.15, 0.2) is 0 Å². The van der Waals surface area contributed by atoms with Crippen LogP contribution in [-0.2, 0) is 9.53 Å². The lowest BCUT2D eigenvalue weighted by Crippen LogP contribution is -2.25. The molecule has 0 N–H and O–H groups in total. The van der Waals surface area contributed by atoms with E-state index in [0.717, 1.165) is 20.1 Å². The molecule has 0 saturated carbocycles. The van der Waals surface area contributed by atoms with Crippen molar-refractivity contribution in [1.82, 2.24) is 9.99 Å². The number of carbonyl (C=O) groups excluding carboxylic acids is 1. The van der Waals surface area contributed by atoms with Gasteiger partial charge in [-0.05, 0) is 56.1 Å². The van der Waals surface area contributed by atoms with Gasteiger partial charge in [-0.2, -0.15) is 5.01 Å². The molecule has 124 valence electrons. The maximum Gasteiger partial charge on any atom is 0.243 e. The summed E-state index contributed by atoms with van der Waals surface area (Å²) in [7, 11) is 1.59. The van der Waals surface area contributed by atoms with Crippen LogP contribution in [0.3, 0.4) is 0 Å². The molecular formula is C16H13Br2N3O3. The smallest absolute Gasteiger partial charge is 0.243 e. The van der Waals surface area contributed by atoms with Gasteiger partial charge in [-0.3, -0.25) is 9.78 Å². The number of methoxy groups -OCH3 is 1. The third-order valence-electron chi connectivity index (χ3n) is 3.38. The summed E-state index contributed by atoms with van der Waals surface area (Å²) >= 11 is 6.81. The van der Waals surface area contributed by atoms with Gasteiger partial charge in [0.1, 0.15) is 5.75 Å². The van der Waals surface area contributed by atoms with E-state index in [9.17, 15) is 4.79 Å². The molecule has 2 heterocycles. The number of rotatable bonds is 3. The molecule has 1 unspecified atom stereocenters. The lowest BCUT2D eigenvalue weighted by Gasteiger charge is -2.19. The third-order valence-corrected chi connectivity index (χ3v) is 4.43. The predicted octanol–water partition coefficient (Wildman–Crippen LogP) is 3.85. The Balaban J connectivity index is 1.95. The van der Waals surface area contributed by atoms with Gasteiger partial charge in [-0.15, -0.1) is 5.10 Å². The summed E-state index contributed by atoms with van der Waals surface area (Å²) < 4.78 is 12.7. The van der Waals surface area contributed by atoms with E-state index in [4.69, 9.17) is 9.47 Å². The average Bonchev–Trinajstić information content (AvgIpc) is 3.00. The number of aromatic nitrogens is 1. The quantitative estimate of drug-likeness (QED) is 0.706. The van der Waals surface area contributed by atoms with Gasteiger partial charge in [0, 0.05) is 34.9 Å². The Bertz CT molecular complexity index is 826. The summed E-state index contributed by atoms with van der Waals surface area (Å²) in [5.41, 5.74) is 1.46. The second kappa shape index (κ2) is 6.90. The van der Waals surface area contributed by atoms with Gasteiger partial charge in [0.25, 0.3) is 0 Å². The van der Waals surface area contributed by atoms with Gasteiger partial charge in [0.2, 0.25) is 18.0 Å². The van der Waals surface area contributed by atoms with Crippen molar-refractivity contribution in [2.75, 3.05) is 7.11 Å². The molecular weight excluding hydrogens is 442 g/mol. The molecule has 0 fully saturated rings. The van der Waals surface area contributed by atoms with Crippen LogP contribution in [0.15, 0.2) is 50.7 Å². The fourth-order valence-electron chi connectivity index (χ4n) is 2.26. The number of pyridine rings is 1. The number of hydrazone groups is 1. The van der Waals surface area contributed by atoms with Crippen LogP contribution in [0.4, 0.5) is 0 Å². The first-order valence-electron chi connectivity index (χ1n) is 6.99. The topological polar surface area (TPSA) is 64.0 Å². The molecule has 2 aromatic rings. The molecule has 0 saturated heterocycles. The summed E-state index contributed by atoms with van der Waals surface area (Å²) in [4.78, 5) is 16.1. The van der Waals surface area contributed by atoms with E-state index < -0.39 is 6.23 Å². The molecule has 8 heteroatoms. The largest absolute Gasteiger partial charge is 0.496 e. The maximum absolute atomic E-state index is 11.9. The number of ether oxygens (including phenoxy) is 2. The molecule has 3 rings (SSSR count). The molecule has 1 aliphatic heterocycles. The van der Waals surface area contributed by atoms with Crippen LogP contribution >= 0.6 is 31.9 Å². The fourth-order valence-corrected chi connectivity index (χ4v) is 3.19. The summed E-state index contributed by atoms with van der Waals surface area (Å²) in [5, 5.41) is 5.62. The highest BCUT2D eigenvalue weighted by Gasteiger charge is 2.33. The number of nitrogens with zero attached hydrogens (tertiary/aromatic N) is 3. The minimum Gasteiger partial charge on any atom is -0.496 e. The van der Waals surface area contributed by atoms with Crippen LogP contribution in [0.2, 0.25) is 0 Å². The van der Waals surface area contributed by atoms with E-state index in [1.54, 1.807) is 25.6 Å². The Morgan fingerprint density at radius 1 is 1.29 bits per heavy atom. The molecule has 1 aromatic carbocycles. The Hall–Kier alpha value is -1.93. The zero-order chi connectivity index (χ0) is 17.3. The molecule has 24 heavy (non-hydrogen) atoms. The van der Waals surface area contributed by atoms with Crippen LogP contribution in [0.1, 0.15) is 24.3 Å². The highest BCUT2D eigenvalue weighted by atomic mass is 79.9. The van der Waals surface area contributed by atoms with Crippen molar-refractivity contribution in [2.24, 2.45) is 5.10 Å². The Morgan fingerprint density at radius 2 is 2.08 bits per heavy atom. The monoisotopic (exact) mass is 453 g/mol. The minimum absolute atomic E-state index is 0.220. The van der Waals surface area contributed by atoms with Crippen molar-refractivity contribution in [3.8, 4) is 5.75 Å². The van der Waals surface area contributed by atoms with E-state index in [-0.39, 0.29) is 5.91 Å². The number of carbonyl (C=O) groups is 1. The second-order valence-corrected chi connectivity index (χ2v) is 6.79. The molecule has 6 nitrogen and oxygen atoms in total. The first-order chi connectivity index (χ1) is 11.5. The van der Waals surface area contributed by atoms with Crippen LogP contribution in [0, 0.1) is 0 Å².